The third-order valence-corrected chi connectivity index (χ3v) is 3.56. The smallest absolute Gasteiger partial charge is 0.226 e. The molecule has 0 atom stereocenters. The van der Waals surface area contributed by atoms with E-state index in [2.05, 4.69) is 36.6 Å². The first-order chi connectivity index (χ1) is 11.1. The normalized spacial score (nSPS) is 10.2. The van der Waals surface area contributed by atoms with Crippen LogP contribution in [0.3, 0.4) is 0 Å². The first-order valence-electron chi connectivity index (χ1n) is 7.72. The van der Waals surface area contributed by atoms with Crippen LogP contribution in [-0.2, 0) is 4.79 Å². The highest BCUT2D eigenvalue weighted by molar-refractivity contribution is 5.91. The SMILES string of the molecule is CC(C)c1ccc(NCCC(=O)Nc2ccc(C#N)cc2)cc1. The van der Waals surface area contributed by atoms with Crippen LogP contribution in [0, 0.1) is 11.3 Å². The lowest BCUT2D eigenvalue weighted by molar-refractivity contribution is -0.115. The van der Waals surface area contributed by atoms with E-state index in [1.165, 1.54) is 5.56 Å². The zero-order valence-corrected chi connectivity index (χ0v) is 13.5. The van der Waals surface area contributed by atoms with Crippen LogP contribution < -0.4 is 10.6 Å². The molecule has 0 saturated carbocycles. The molecule has 2 aromatic carbocycles. The molecule has 2 rings (SSSR count). The van der Waals surface area contributed by atoms with Crippen LogP contribution in [-0.4, -0.2) is 12.5 Å². The maximum Gasteiger partial charge on any atom is 0.226 e. The van der Waals surface area contributed by atoms with Crippen LogP contribution in [0.1, 0.15) is 37.3 Å². The van der Waals surface area contributed by atoms with Crippen molar-refractivity contribution in [3.8, 4) is 6.07 Å². The summed E-state index contributed by atoms with van der Waals surface area (Å²) in [4.78, 5) is 11.9. The summed E-state index contributed by atoms with van der Waals surface area (Å²) in [6.45, 7) is 4.90. The van der Waals surface area contributed by atoms with Crippen LogP contribution in [0.25, 0.3) is 0 Å². The highest BCUT2D eigenvalue weighted by Gasteiger charge is 2.03. The molecule has 0 aromatic heterocycles. The number of anilines is 2. The number of hydrogen-bond donors (Lipinski definition) is 2. The number of benzene rings is 2. The summed E-state index contributed by atoms with van der Waals surface area (Å²) in [6, 6.07) is 17.2. The second-order valence-corrected chi connectivity index (χ2v) is 5.69. The molecule has 0 unspecified atom stereocenters. The molecule has 4 heteroatoms. The van der Waals surface area contributed by atoms with E-state index in [4.69, 9.17) is 5.26 Å². The van der Waals surface area contributed by atoms with Crippen molar-refractivity contribution >= 4 is 17.3 Å². The molecule has 118 valence electrons. The molecule has 1 amide bonds. The van der Waals surface area contributed by atoms with Crippen molar-refractivity contribution in [1.82, 2.24) is 0 Å². The maximum absolute atomic E-state index is 11.9. The van der Waals surface area contributed by atoms with Gasteiger partial charge in [0.2, 0.25) is 5.91 Å². The number of nitrogens with zero attached hydrogens (tertiary/aromatic N) is 1. The van der Waals surface area contributed by atoms with Crippen molar-refractivity contribution in [3.63, 3.8) is 0 Å². The van der Waals surface area contributed by atoms with E-state index >= 15 is 0 Å². The lowest BCUT2D eigenvalue weighted by atomic mass is 10.0. The summed E-state index contributed by atoms with van der Waals surface area (Å²) in [6.07, 6.45) is 0.381. The largest absolute Gasteiger partial charge is 0.385 e. The van der Waals surface area contributed by atoms with Crippen LogP contribution in [0.15, 0.2) is 48.5 Å². The van der Waals surface area contributed by atoms with Gasteiger partial charge in [0, 0.05) is 24.3 Å². The molecule has 23 heavy (non-hydrogen) atoms. The summed E-state index contributed by atoms with van der Waals surface area (Å²) in [5, 5.41) is 14.8. The summed E-state index contributed by atoms with van der Waals surface area (Å²) < 4.78 is 0. The standard InChI is InChI=1S/C19H21N3O/c1-14(2)16-5-9-17(10-6-16)21-12-11-19(23)22-18-7-3-15(13-20)4-8-18/h3-10,14,21H,11-12H2,1-2H3,(H,22,23). The molecule has 0 fully saturated rings. The summed E-state index contributed by atoms with van der Waals surface area (Å²) >= 11 is 0. The van der Waals surface area contributed by atoms with Crippen LogP contribution in [0.2, 0.25) is 0 Å². The minimum absolute atomic E-state index is 0.0546. The molecule has 0 aliphatic carbocycles. The average molecular weight is 307 g/mol. The number of amides is 1. The topological polar surface area (TPSA) is 64.9 Å². The molecule has 0 bridgehead atoms. The first kappa shape index (κ1) is 16.6. The number of rotatable bonds is 6. The number of nitriles is 1. The van der Waals surface area contributed by atoms with Crippen LogP contribution in [0.4, 0.5) is 11.4 Å². The van der Waals surface area contributed by atoms with E-state index < -0.39 is 0 Å². The Hall–Kier alpha value is -2.80. The van der Waals surface area contributed by atoms with Gasteiger partial charge in [-0.15, -0.1) is 0 Å². The van der Waals surface area contributed by atoms with Crippen molar-refractivity contribution in [2.45, 2.75) is 26.2 Å². The van der Waals surface area contributed by atoms with Gasteiger partial charge in [0.05, 0.1) is 11.6 Å². The predicted octanol–water partition coefficient (Wildman–Crippen LogP) is 4.12. The molecule has 0 aliphatic heterocycles. The van der Waals surface area contributed by atoms with E-state index in [-0.39, 0.29) is 5.91 Å². The lowest BCUT2D eigenvalue weighted by Crippen LogP contribution is -2.16. The molecule has 0 saturated heterocycles. The molecule has 4 nitrogen and oxygen atoms in total. The van der Waals surface area contributed by atoms with Crippen LogP contribution in [0.5, 0.6) is 0 Å². The molecule has 0 heterocycles. The van der Waals surface area contributed by atoms with Gasteiger partial charge in [-0.2, -0.15) is 5.26 Å². The van der Waals surface area contributed by atoms with Gasteiger partial charge in [-0.3, -0.25) is 4.79 Å². The summed E-state index contributed by atoms with van der Waals surface area (Å²) in [5.74, 6) is 0.461. The predicted molar refractivity (Wildman–Crippen MR) is 93.4 cm³/mol. The van der Waals surface area contributed by atoms with Crippen molar-refractivity contribution in [2.75, 3.05) is 17.2 Å². The Balaban J connectivity index is 1.76. The fourth-order valence-corrected chi connectivity index (χ4v) is 2.16. The van der Waals surface area contributed by atoms with Crippen molar-refractivity contribution in [3.05, 3.63) is 59.7 Å². The number of hydrogen-bond acceptors (Lipinski definition) is 3. The Morgan fingerprint density at radius 1 is 1.04 bits per heavy atom. The van der Waals surface area contributed by atoms with Gasteiger partial charge in [-0.1, -0.05) is 26.0 Å². The van der Waals surface area contributed by atoms with Crippen LogP contribution >= 0.6 is 0 Å². The quantitative estimate of drug-likeness (QED) is 0.843. The Morgan fingerprint density at radius 2 is 1.65 bits per heavy atom. The first-order valence-corrected chi connectivity index (χ1v) is 7.72. The van der Waals surface area contributed by atoms with Gasteiger partial charge in [0.1, 0.15) is 0 Å². The average Bonchev–Trinajstić information content (AvgIpc) is 2.56. The molecule has 0 spiro atoms. The van der Waals surface area contributed by atoms with E-state index in [0.29, 0.717) is 30.1 Å². The van der Waals surface area contributed by atoms with Gasteiger partial charge >= 0.3 is 0 Å². The molecule has 2 N–H and O–H groups in total. The van der Waals surface area contributed by atoms with E-state index in [9.17, 15) is 4.79 Å². The summed E-state index contributed by atoms with van der Waals surface area (Å²) in [7, 11) is 0. The minimum Gasteiger partial charge on any atom is -0.385 e. The van der Waals surface area contributed by atoms with Crippen molar-refractivity contribution < 1.29 is 4.79 Å². The van der Waals surface area contributed by atoms with E-state index in [0.717, 1.165) is 5.69 Å². The third kappa shape index (κ3) is 5.15. The van der Waals surface area contributed by atoms with Crippen molar-refractivity contribution in [1.29, 1.82) is 5.26 Å². The monoisotopic (exact) mass is 307 g/mol. The second-order valence-electron chi connectivity index (χ2n) is 5.69. The maximum atomic E-state index is 11.9. The molecular weight excluding hydrogens is 286 g/mol. The Morgan fingerprint density at radius 3 is 2.22 bits per heavy atom. The number of carbonyl (C=O) groups is 1. The fraction of sp³-hybridized carbons (Fsp3) is 0.263. The Labute approximate surface area is 137 Å². The van der Waals surface area contributed by atoms with Gasteiger partial charge < -0.3 is 10.6 Å². The highest BCUT2D eigenvalue weighted by Crippen LogP contribution is 2.17. The van der Waals surface area contributed by atoms with Gasteiger partial charge in [-0.25, -0.2) is 0 Å². The van der Waals surface area contributed by atoms with Gasteiger partial charge in [-0.05, 0) is 47.9 Å². The lowest BCUT2D eigenvalue weighted by Gasteiger charge is -2.09. The zero-order chi connectivity index (χ0) is 16.7. The molecular formula is C19H21N3O. The van der Waals surface area contributed by atoms with Crippen molar-refractivity contribution in [2.24, 2.45) is 0 Å². The summed E-state index contributed by atoms with van der Waals surface area (Å²) in [5.41, 5.74) is 3.60. The van der Waals surface area contributed by atoms with Gasteiger partial charge in [0.25, 0.3) is 0 Å². The van der Waals surface area contributed by atoms with Gasteiger partial charge in [0.15, 0.2) is 0 Å². The molecule has 2 aromatic rings. The minimum atomic E-state index is -0.0546. The Bertz CT molecular complexity index is 682. The number of nitrogens with one attached hydrogen (secondary N) is 2. The third-order valence-electron chi connectivity index (χ3n) is 3.56. The molecule has 0 radical (unpaired) electrons. The zero-order valence-electron chi connectivity index (χ0n) is 13.5. The van der Waals surface area contributed by atoms with E-state index in [1.54, 1.807) is 24.3 Å². The molecule has 0 aliphatic rings. The highest BCUT2D eigenvalue weighted by atomic mass is 16.1. The Kier molecular flexibility index (Phi) is 5.76. The second kappa shape index (κ2) is 8.00. The number of carbonyl (C=O) groups excluding carboxylic acids is 1. The fourth-order valence-electron chi connectivity index (χ4n) is 2.16. The van der Waals surface area contributed by atoms with E-state index in [1.807, 2.05) is 18.2 Å².